The zero-order chi connectivity index (χ0) is 20.8. The van der Waals surface area contributed by atoms with Crippen molar-refractivity contribution in [2.24, 2.45) is 0 Å². The molecule has 7 nitrogen and oxygen atoms in total. The van der Waals surface area contributed by atoms with Crippen LogP contribution in [0.4, 0.5) is 5.69 Å². The van der Waals surface area contributed by atoms with Crippen molar-refractivity contribution in [2.45, 2.75) is 19.1 Å². The van der Waals surface area contributed by atoms with Crippen LogP contribution in [0.25, 0.3) is 11.5 Å². The highest BCUT2D eigenvalue weighted by Gasteiger charge is 2.18. The quantitative estimate of drug-likeness (QED) is 0.512. The van der Waals surface area contributed by atoms with Gasteiger partial charge in [-0.2, -0.15) is 0 Å². The molecular formula is C21H23N3O4S. The molecule has 0 N–H and O–H groups in total. The SMILES string of the molecule is CCN(C(=O)CSc1nnc(-c2cc(OC)cc(OC)c2)o1)c1ccccc1C. The molecule has 1 amide bonds. The summed E-state index contributed by atoms with van der Waals surface area (Å²) in [5.41, 5.74) is 2.65. The van der Waals surface area contributed by atoms with Gasteiger partial charge in [-0.05, 0) is 37.6 Å². The molecule has 8 heteroatoms. The van der Waals surface area contributed by atoms with Crippen LogP contribution >= 0.6 is 11.8 Å². The summed E-state index contributed by atoms with van der Waals surface area (Å²) in [7, 11) is 3.15. The Bertz CT molecular complexity index is 967. The summed E-state index contributed by atoms with van der Waals surface area (Å²) >= 11 is 1.21. The Hall–Kier alpha value is -3.00. The lowest BCUT2D eigenvalue weighted by atomic mass is 10.2. The Morgan fingerprint density at radius 1 is 1.10 bits per heavy atom. The smallest absolute Gasteiger partial charge is 0.277 e. The highest BCUT2D eigenvalue weighted by molar-refractivity contribution is 7.99. The molecule has 0 unspecified atom stereocenters. The molecule has 0 saturated carbocycles. The number of ether oxygens (including phenoxy) is 2. The number of nitrogens with zero attached hydrogens (tertiary/aromatic N) is 3. The Morgan fingerprint density at radius 2 is 1.79 bits per heavy atom. The molecule has 0 radical (unpaired) electrons. The van der Waals surface area contributed by atoms with Gasteiger partial charge in [-0.1, -0.05) is 30.0 Å². The number of methoxy groups -OCH3 is 2. The molecule has 1 heterocycles. The lowest BCUT2D eigenvalue weighted by Gasteiger charge is -2.22. The number of anilines is 1. The number of carbonyl (C=O) groups excluding carboxylic acids is 1. The standard InChI is InChI=1S/C21H23N3O4S/c1-5-24(18-9-7-6-8-14(18)2)19(25)13-29-21-23-22-20(28-21)15-10-16(26-3)12-17(11-15)27-4/h6-12H,5,13H2,1-4H3. The topological polar surface area (TPSA) is 77.7 Å². The summed E-state index contributed by atoms with van der Waals surface area (Å²) in [5, 5.41) is 8.45. The lowest BCUT2D eigenvalue weighted by Crippen LogP contribution is -2.32. The van der Waals surface area contributed by atoms with E-state index in [2.05, 4.69) is 10.2 Å². The third kappa shape index (κ3) is 4.89. The molecule has 0 aliphatic heterocycles. The number of amides is 1. The van der Waals surface area contributed by atoms with Crippen LogP contribution in [-0.2, 0) is 4.79 Å². The van der Waals surface area contributed by atoms with E-state index in [0.29, 0.717) is 34.7 Å². The van der Waals surface area contributed by atoms with Crippen molar-refractivity contribution in [1.82, 2.24) is 10.2 Å². The second-order valence-corrected chi connectivity index (χ2v) is 7.11. The molecule has 3 rings (SSSR count). The molecule has 0 spiro atoms. The number of benzene rings is 2. The predicted octanol–water partition coefficient (Wildman–Crippen LogP) is 4.21. The van der Waals surface area contributed by atoms with Crippen LogP contribution in [0.15, 0.2) is 52.1 Å². The fourth-order valence-electron chi connectivity index (χ4n) is 2.86. The van der Waals surface area contributed by atoms with E-state index < -0.39 is 0 Å². The predicted molar refractivity (Wildman–Crippen MR) is 113 cm³/mol. The van der Waals surface area contributed by atoms with Crippen molar-refractivity contribution in [2.75, 3.05) is 31.4 Å². The molecule has 0 aliphatic carbocycles. The molecule has 2 aromatic carbocycles. The minimum atomic E-state index is -0.0189. The van der Waals surface area contributed by atoms with E-state index in [9.17, 15) is 4.79 Å². The van der Waals surface area contributed by atoms with Crippen LogP contribution in [0.1, 0.15) is 12.5 Å². The van der Waals surface area contributed by atoms with Gasteiger partial charge in [0.05, 0.1) is 20.0 Å². The van der Waals surface area contributed by atoms with Crippen molar-refractivity contribution in [3.8, 4) is 23.0 Å². The van der Waals surface area contributed by atoms with Gasteiger partial charge in [-0.3, -0.25) is 4.79 Å². The van der Waals surface area contributed by atoms with E-state index >= 15 is 0 Å². The van der Waals surface area contributed by atoms with Crippen LogP contribution in [0.2, 0.25) is 0 Å². The molecule has 0 aliphatic rings. The van der Waals surface area contributed by atoms with Gasteiger partial charge in [0.2, 0.25) is 11.8 Å². The summed E-state index contributed by atoms with van der Waals surface area (Å²) in [6, 6.07) is 13.2. The van der Waals surface area contributed by atoms with Gasteiger partial charge in [0.15, 0.2) is 0 Å². The summed E-state index contributed by atoms with van der Waals surface area (Å²) in [4.78, 5) is 14.5. The summed E-state index contributed by atoms with van der Waals surface area (Å²) in [6.07, 6.45) is 0. The maximum atomic E-state index is 12.7. The zero-order valence-electron chi connectivity index (χ0n) is 16.8. The van der Waals surface area contributed by atoms with E-state index in [1.807, 2.05) is 38.1 Å². The van der Waals surface area contributed by atoms with Crippen LogP contribution in [0, 0.1) is 6.92 Å². The van der Waals surface area contributed by atoms with E-state index in [-0.39, 0.29) is 11.7 Å². The first-order chi connectivity index (χ1) is 14.0. The van der Waals surface area contributed by atoms with Crippen LogP contribution in [0.5, 0.6) is 11.5 Å². The third-order valence-electron chi connectivity index (χ3n) is 4.35. The fraction of sp³-hybridized carbons (Fsp3) is 0.286. The van der Waals surface area contributed by atoms with Gasteiger partial charge >= 0.3 is 0 Å². The van der Waals surface area contributed by atoms with Crippen molar-refractivity contribution in [1.29, 1.82) is 0 Å². The lowest BCUT2D eigenvalue weighted by molar-refractivity contribution is -0.116. The number of carbonyl (C=O) groups is 1. The Kier molecular flexibility index (Phi) is 6.77. The number of aromatic nitrogens is 2. The van der Waals surface area contributed by atoms with Crippen molar-refractivity contribution in [3.05, 3.63) is 48.0 Å². The van der Waals surface area contributed by atoms with Gasteiger partial charge in [0, 0.05) is 23.9 Å². The molecule has 0 saturated heterocycles. The maximum absolute atomic E-state index is 12.7. The van der Waals surface area contributed by atoms with Gasteiger partial charge < -0.3 is 18.8 Å². The van der Waals surface area contributed by atoms with E-state index in [1.165, 1.54) is 11.8 Å². The highest BCUT2D eigenvalue weighted by Crippen LogP contribution is 2.30. The van der Waals surface area contributed by atoms with Crippen molar-refractivity contribution in [3.63, 3.8) is 0 Å². The molecule has 3 aromatic rings. The summed E-state index contributed by atoms with van der Waals surface area (Å²) in [6.45, 7) is 4.53. The van der Waals surface area contributed by atoms with Crippen molar-refractivity contribution < 1.29 is 18.7 Å². The number of aryl methyl sites for hydroxylation is 1. The Labute approximate surface area is 174 Å². The summed E-state index contributed by atoms with van der Waals surface area (Å²) < 4.78 is 16.3. The minimum Gasteiger partial charge on any atom is -0.497 e. The number of rotatable bonds is 8. The second kappa shape index (κ2) is 9.47. The summed E-state index contributed by atoms with van der Waals surface area (Å²) in [5.74, 6) is 1.76. The van der Waals surface area contributed by atoms with E-state index in [0.717, 1.165) is 11.3 Å². The Balaban J connectivity index is 1.70. The fourth-order valence-corrected chi connectivity index (χ4v) is 3.50. The van der Waals surface area contributed by atoms with Crippen LogP contribution in [0.3, 0.4) is 0 Å². The monoisotopic (exact) mass is 413 g/mol. The number of thioether (sulfide) groups is 1. The number of hydrogen-bond acceptors (Lipinski definition) is 7. The molecule has 29 heavy (non-hydrogen) atoms. The second-order valence-electron chi connectivity index (χ2n) is 6.19. The average molecular weight is 413 g/mol. The number of para-hydroxylation sites is 1. The minimum absolute atomic E-state index is 0.0189. The first-order valence-electron chi connectivity index (χ1n) is 9.11. The van der Waals surface area contributed by atoms with Gasteiger partial charge in [0.1, 0.15) is 11.5 Å². The number of hydrogen-bond donors (Lipinski definition) is 0. The van der Waals surface area contributed by atoms with Crippen LogP contribution in [-0.4, -0.2) is 42.6 Å². The largest absolute Gasteiger partial charge is 0.497 e. The molecule has 152 valence electrons. The van der Waals surface area contributed by atoms with Crippen molar-refractivity contribution >= 4 is 23.4 Å². The normalized spacial score (nSPS) is 10.6. The molecule has 0 atom stereocenters. The van der Waals surface area contributed by atoms with E-state index in [1.54, 1.807) is 37.3 Å². The molecule has 0 bridgehead atoms. The third-order valence-corrected chi connectivity index (χ3v) is 5.15. The van der Waals surface area contributed by atoms with Gasteiger partial charge in [0.25, 0.3) is 5.22 Å². The zero-order valence-corrected chi connectivity index (χ0v) is 17.7. The molecular weight excluding hydrogens is 390 g/mol. The van der Waals surface area contributed by atoms with Gasteiger partial charge in [-0.15, -0.1) is 10.2 Å². The van der Waals surface area contributed by atoms with E-state index in [4.69, 9.17) is 13.9 Å². The average Bonchev–Trinajstić information content (AvgIpc) is 3.23. The Morgan fingerprint density at radius 3 is 2.41 bits per heavy atom. The first-order valence-corrected chi connectivity index (χ1v) is 10.1. The first kappa shape index (κ1) is 20.7. The molecule has 0 fully saturated rings. The van der Waals surface area contributed by atoms with Gasteiger partial charge in [-0.25, -0.2) is 0 Å². The molecule has 1 aromatic heterocycles. The maximum Gasteiger partial charge on any atom is 0.277 e. The van der Waals surface area contributed by atoms with Crippen LogP contribution < -0.4 is 14.4 Å². The highest BCUT2D eigenvalue weighted by atomic mass is 32.2.